The molecule has 0 aliphatic heterocycles. The Kier molecular flexibility index (Phi) is 2.24. The molecule has 1 aromatic carbocycles. The molecule has 0 saturated heterocycles. The van der Waals surface area contributed by atoms with E-state index in [1.807, 2.05) is 0 Å². The molecule has 0 aromatic heterocycles. The summed E-state index contributed by atoms with van der Waals surface area (Å²) in [5.74, 6) is 1.39. The number of rotatable bonds is 1. The van der Waals surface area contributed by atoms with Gasteiger partial charge in [0.05, 0.1) is 0 Å². The molecule has 0 heteroatoms. The van der Waals surface area contributed by atoms with Gasteiger partial charge in [0.25, 0.3) is 0 Å². The third-order valence-corrected chi connectivity index (χ3v) is 4.03. The van der Waals surface area contributed by atoms with Crippen LogP contribution in [0.15, 0.2) is 42.0 Å². The molecule has 82 valence electrons. The van der Waals surface area contributed by atoms with Crippen molar-refractivity contribution in [2.24, 2.45) is 5.92 Å². The largest absolute Gasteiger partial charge is 0.0833 e. The fourth-order valence-electron chi connectivity index (χ4n) is 3.31. The van der Waals surface area contributed by atoms with Gasteiger partial charge in [-0.15, -0.1) is 0 Å². The second-order valence-corrected chi connectivity index (χ2v) is 4.96. The van der Waals surface area contributed by atoms with Gasteiger partial charge in [-0.05, 0) is 35.5 Å². The molecule has 2 aliphatic carbocycles. The number of hydrogen-bond donors (Lipinski definition) is 0. The summed E-state index contributed by atoms with van der Waals surface area (Å²) < 4.78 is 0. The van der Waals surface area contributed by atoms with E-state index in [1.165, 1.54) is 24.0 Å². The molecule has 0 radical (unpaired) electrons. The van der Waals surface area contributed by atoms with Crippen molar-refractivity contribution in [2.45, 2.75) is 32.6 Å². The zero-order chi connectivity index (χ0) is 11.1. The Morgan fingerprint density at radius 1 is 1.25 bits per heavy atom. The quantitative estimate of drug-likeness (QED) is 0.638. The molecule has 16 heavy (non-hydrogen) atoms. The number of fused-ring (bicyclic) bond motifs is 2. The van der Waals surface area contributed by atoms with Crippen molar-refractivity contribution >= 4 is 5.57 Å². The zero-order valence-corrected chi connectivity index (χ0v) is 10.0. The summed E-state index contributed by atoms with van der Waals surface area (Å²) in [6, 6.07) is 8.92. The summed E-state index contributed by atoms with van der Waals surface area (Å²) in [6.45, 7) is 4.68. The molecule has 2 atom stereocenters. The molecule has 0 heterocycles. The van der Waals surface area contributed by atoms with Crippen LogP contribution >= 0.6 is 0 Å². The summed E-state index contributed by atoms with van der Waals surface area (Å²) >= 11 is 0. The first-order chi connectivity index (χ1) is 7.83. The summed E-state index contributed by atoms with van der Waals surface area (Å²) in [4.78, 5) is 0. The summed E-state index contributed by atoms with van der Waals surface area (Å²) in [6.07, 6.45) is 7.11. The maximum atomic E-state index is 2.37. The molecule has 0 nitrogen and oxygen atoms in total. The van der Waals surface area contributed by atoms with E-state index >= 15 is 0 Å². The van der Waals surface area contributed by atoms with Crippen LogP contribution in [0, 0.1) is 5.92 Å². The van der Waals surface area contributed by atoms with Crippen molar-refractivity contribution in [3.63, 3.8) is 0 Å². The van der Waals surface area contributed by atoms with Crippen molar-refractivity contribution in [3.8, 4) is 0 Å². The van der Waals surface area contributed by atoms with Gasteiger partial charge in [-0.1, -0.05) is 55.8 Å². The molecular formula is C16H18. The molecule has 0 spiro atoms. The van der Waals surface area contributed by atoms with Crippen LogP contribution in [0.1, 0.15) is 43.7 Å². The van der Waals surface area contributed by atoms with Crippen molar-refractivity contribution < 1.29 is 0 Å². The van der Waals surface area contributed by atoms with Crippen LogP contribution in [0.4, 0.5) is 0 Å². The average molecular weight is 210 g/mol. The Morgan fingerprint density at radius 2 is 2.06 bits per heavy atom. The monoisotopic (exact) mass is 210 g/mol. The summed E-state index contributed by atoms with van der Waals surface area (Å²) in [5.41, 5.74) is 6.23. The van der Waals surface area contributed by atoms with Gasteiger partial charge in [-0.2, -0.15) is 0 Å². The highest BCUT2D eigenvalue weighted by Crippen LogP contribution is 2.49. The standard InChI is InChI=1S/C16H18/c1-3-12-13-8-4-5-9-14(13)15-10-6-7-11(2)16(12)15/h4-6,8-12H,3,7H2,1-2H3/t11?,12-/m1/s1. The van der Waals surface area contributed by atoms with Crippen LogP contribution in [0.3, 0.4) is 0 Å². The van der Waals surface area contributed by atoms with E-state index in [0.29, 0.717) is 5.92 Å². The van der Waals surface area contributed by atoms with Crippen molar-refractivity contribution in [1.82, 2.24) is 0 Å². The van der Waals surface area contributed by atoms with E-state index in [2.05, 4.69) is 50.3 Å². The lowest BCUT2D eigenvalue weighted by Gasteiger charge is -2.22. The minimum absolute atomic E-state index is 0.672. The highest BCUT2D eigenvalue weighted by Gasteiger charge is 2.32. The van der Waals surface area contributed by atoms with Gasteiger partial charge >= 0.3 is 0 Å². The van der Waals surface area contributed by atoms with Gasteiger partial charge in [0, 0.05) is 5.92 Å². The zero-order valence-electron chi connectivity index (χ0n) is 10.0. The highest BCUT2D eigenvalue weighted by atomic mass is 14.4. The minimum Gasteiger partial charge on any atom is -0.0833 e. The van der Waals surface area contributed by atoms with Crippen LogP contribution in [0.2, 0.25) is 0 Å². The Balaban J connectivity index is 2.21. The van der Waals surface area contributed by atoms with Crippen LogP contribution in [0.25, 0.3) is 5.57 Å². The number of hydrogen-bond acceptors (Lipinski definition) is 0. The lowest BCUT2D eigenvalue weighted by molar-refractivity contribution is 0.608. The molecule has 0 fully saturated rings. The van der Waals surface area contributed by atoms with Gasteiger partial charge in [-0.25, -0.2) is 0 Å². The van der Waals surface area contributed by atoms with Gasteiger partial charge in [0.15, 0.2) is 0 Å². The van der Waals surface area contributed by atoms with Gasteiger partial charge in [0.2, 0.25) is 0 Å². The lowest BCUT2D eigenvalue weighted by atomic mass is 9.82. The Bertz CT molecular complexity index is 477. The summed E-state index contributed by atoms with van der Waals surface area (Å²) in [7, 11) is 0. The smallest absolute Gasteiger partial charge is 0.00637 e. The van der Waals surface area contributed by atoms with Gasteiger partial charge in [0.1, 0.15) is 0 Å². The van der Waals surface area contributed by atoms with E-state index in [-0.39, 0.29) is 0 Å². The first-order valence-corrected chi connectivity index (χ1v) is 6.32. The lowest BCUT2D eigenvalue weighted by Crippen LogP contribution is -2.07. The maximum absolute atomic E-state index is 2.37. The predicted molar refractivity (Wildman–Crippen MR) is 69.3 cm³/mol. The second kappa shape index (κ2) is 3.62. The van der Waals surface area contributed by atoms with Crippen LogP contribution in [-0.4, -0.2) is 0 Å². The normalized spacial score (nSPS) is 26.9. The predicted octanol–water partition coefficient (Wildman–Crippen LogP) is 4.54. The third kappa shape index (κ3) is 1.22. The second-order valence-electron chi connectivity index (χ2n) is 4.96. The molecule has 1 unspecified atom stereocenters. The molecule has 0 amide bonds. The molecule has 0 bridgehead atoms. The van der Waals surface area contributed by atoms with Crippen molar-refractivity contribution in [1.29, 1.82) is 0 Å². The molecular weight excluding hydrogens is 192 g/mol. The van der Waals surface area contributed by atoms with E-state index in [0.717, 1.165) is 5.92 Å². The summed E-state index contributed by atoms with van der Waals surface area (Å²) in [5, 5.41) is 0. The Labute approximate surface area is 97.7 Å². The van der Waals surface area contributed by atoms with Crippen LogP contribution in [-0.2, 0) is 0 Å². The van der Waals surface area contributed by atoms with E-state index in [1.54, 1.807) is 11.1 Å². The fourth-order valence-corrected chi connectivity index (χ4v) is 3.31. The topological polar surface area (TPSA) is 0 Å². The molecule has 2 aliphatic rings. The third-order valence-electron chi connectivity index (χ3n) is 4.03. The van der Waals surface area contributed by atoms with Crippen LogP contribution < -0.4 is 0 Å². The first-order valence-electron chi connectivity index (χ1n) is 6.32. The highest BCUT2D eigenvalue weighted by molar-refractivity contribution is 5.85. The average Bonchev–Trinajstić information content (AvgIpc) is 2.65. The van der Waals surface area contributed by atoms with Gasteiger partial charge < -0.3 is 0 Å². The Morgan fingerprint density at radius 3 is 2.88 bits per heavy atom. The molecule has 0 saturated carbocycles. The molecule has 0 N–H and O–H groups in total. The molecule has 1 aromatic rings. The minimum atomic E-state index is 0.672. The van der Waals surface area contributed by atoms with Crippen LogP contribution in [0.5, 0.6) is 0 Å². The van der Waals surface area contributed by atoms with Gasteiger partial charge in [-0.3, -0.25) is 0 Å². The van der Waals surface area contributed by atoms with Crippen molar-refractivity contribution in [3.05, 3.63) is 53.1 Å². The van der Waals surface area contributed by atoms with E-state index < -0.39 is 0 Å². The molecule has 3 rings (SSSR count). The van der Waals surface area contributed by atoms with Crippen molar-refractivity contribution in [2.75, 3.05) is 0 Å². The first kappa shape index (κ1) is 9.89. The maximum Gasteiger partial charge on any atom is 0.00637 e. The SMILES string of the molecule is CC[C@H]1C2=C(C=CCC2C)c2ccccc21. The van der Waals surface area contributed by atoms with E-state index in [4.69, 9.17) is 0 Å². The number of allylic oxidation sites excluding steroid dienone is 4. The Hall–Kier alpha value is -1.30. The van der Waals surface area contributed by atoms with E-state index in [9.17, 15) is 0 Å². The number of benzene rings is 1. The fraction of sp³-hybridized carbons (Fsp3) is 0.375.